The maximum absolute atomic E-state index is 9.12. The van der Waals surface area contributed by atoms with Crippen LogP contribution in [0.3, 0.4) is 0 Å². The van der Waals surface area contributed by atoms with E-state index in [1.165, 1.54) is 0 Å². The van der Waals surface area contributed by atoms with Crippen LogP contribution < -0.4 is 0 Å². The Morgan fingerprint density at radius 2 is 0.875 bits per heavy atom. The van der Waals surface area contributed by atoms with Gasteiger partial charge in [-0.1, -0.05) is 0 Å². The summed E-state index contributed by atoms with van der Waals surface area (Å²) < 4.78 is 9.17. The zero-order chi connectivity index (χ0) is 18.6. The molecule has 2 heterocycles. The van der Waals surface area contributed by atoms with Crippen LogP contribution in [0, 0.1) is 0 Å². The second-order valence-corrected chi connectivity index (χ2v) is 5.44. The van der Waals surface area contributed by atoms with Crippen molar-refractivity contribution in [1.82, 2.24) is 0 Å². The van der Waals surface area contributed by atoms with Crippen molar-refractivity contribution in [2.75, 3.05) is 13.2 Å². The van der Waals surface area contributed by atoms with Gasteiger partial charge < -0.3 is 60.5 Å². The molecule has 0 aliphatic carbocycles. The molecule has 0 bridgehead atoms. The third kappa shape index (κ3) is 4.78. The third-order valence-electron chi connectivity index (χ3n) is 3.68. The minimum absolute atomic E-state index is 0.596. The summed E-state index contributed by atoms with van der Waals surface area (Å²) >= 11 is 0. The predicted molar refractivity (Wildman–Crippen MR) is 72.0 cm³/mol. The monoisotopic (exact) mass is 360 g/mol. The standard InChI is InChI=1S/2C6H12O6/c2*7-1-2(8)5-3(9)4(10)6(11)12-5/h2*2-11H,1H2/t2*2?,3-,4-,5-,6-/m10/s1. The van der Waals surface area contributed by atoms with E-state index in [0.29, 0.717) is 0 Å². The Morgan fingerprint density at radius 1 is 0.583 bits per heavy atom. The van der Waals surface area contributed by atoms with Crippen molar-refractivity contribution in [2.45, 2.75) is 61.4 Å². The van der Waals surface area contributed by atoms with Crippen LogP contribution in [0.5, 0.6) is 0 Å². The van der Waals surface area contributed by atoms with Crippen molar-refractivity contribution in [3.8, 4) is 0 Å². The van der Waals surface area contributed by atoms with E-state index in [-0.39, 0.29) is 0 Å². The molecule has 2 aliphatic heterocycles. The molecule has 10 N–H and O–H groups in total. The molecule has 2 fully saturated rings. The zero-order valence-electron chi connectivity index (χ0n) is 12.5. The Kier molecular flexibility index (Phi) is 8.34. The Balaban J connectivity index is 0.000000240. The van der Waals surface area contributed by atoms with Gasteiger partial charge in [-0.25, -0.2) is 0 Å². The van der Waals surface area contributed by atoms with Crippen LogP contribution >= 0.6 is 0 Å². The minimum atomic E-state index is -1.51. The predicted octanol–water partition coefficient (Wildman–Crippen LogP) is -6.44. The van der Waals surface area contributed by atoms with Crippen LogP contribution in [0.15, 0.2) is 0 Å². The van der Waals surface area contributed by atoms with Crippen molar-refractivity contribution in [2.24, 2.45) is 0 Å². The average Bonchev–Trinajstić information content (AvgIpc) is 2.98. The maximum Gasteiger partial charge on any atom is 0.184 e. The molecule has 144 valence electrons. The van der Waals surface area contributed by atoms with Gasteiger partial charge in [0.2, 0.25) is 0 Å². The van der Waals surface area contributed by atoms with E-state index in [1.807, 2.05) is 0 Å². The summed E-state index contributed by atoms with van der Waals surface area (Å²) in [4.78, 5) is 0. The zero-order valence-corrected chi connectivity index (χ0v) is 12.5. The molecule has 2 rings (SSSR count). The van der Waals surface area contributed by atoms with Gasteiger partial charge in [-0.2, -0.15) is 0 Å². The Bertz CT molecular complexity index is 336. The van der Waals surface area contributed by atoms with E-state index < -0.39 is 74.6 Å². The molecule has 2 aliphatic rings. The number of aliphatic hydroxyl groups excluding tert-OH is 10. The molecular formula is C12H24O12. The Morgan fingerprint density at radius 3 is 1.04 bits per heavy atom. The lowest BCUT2D eigenvalue weighted by molar-refractivity contribution is -0.150. The van der Waals surface area contributed by atoms with Gasteiger partial charge in [-0.15, -0.1) is 0 Å². The van der Waals surface area contributed by atoms with E-state index in [9.17, 15) is 0 Å². The summed E-state index contributed by atoms with van der Waals surface area (Å²) in [6, 6.07) is 0. The molecule has 0 aromatic heterocycles. The van der Waals surface area contributed by atoms with Gasteiger partial charge in [0.1, 0.15) is 48.8 Å². The second kappa shape index (κ2) is 9.28. The average molecular weight is 360 g/mol. The first-order valence-electron chi connectivity index (χ1n) is 7.12. The van der Waals surface area contributed by atoms with Gasteiger partial charge in [0.25, 0.3) is 0 Å². The van der Waals surface area contributed by atoms with E-state index in [4.69, 9.17) is 51.1 Å². The van der Waals surface area contributed by atoms with Crippen molar-refractivity contribution < 1.29 is 60.5 Å². The summed E-state index contributed by atoms with van der Waals surface area (Å²) in [5.74, 6) is 0. The van der Waals surface area contributed by atoms with Gasteiger partial charge in [-0.3, -0.25) is 0 Å². The van der Waals surface area contributed by atoms with Crippen molar-refractivity contribution in [1.29, 1.82) is 0 Å². The lowest BCUT2D eigenvalue weighted by Crippen LogP contribution is -2.40. The molecule has 24 heavy (non-hydrogen) atoms. The smallest absolute Gasteiger partial charge is 0.184 e. The largest absolute Gasteiger partial charge is 0.394 e. The molecule has 0 aromatic carbocycles. The van der Waals surface area contributed by atoms with Gasteiger partial charge in [0, 0.05) is 0 Å². The Labute approximate surface area is 136 Å². The molecule has 12 heteroatoms. The molecule has 0 radical (unpaired) electrons. The molecular weight excluding hydrogens is 336 g/mol. The molecule has 0 aromatic rings. The van der Waals surface area contributed by atoms with Crippen LogP contribution in [0.1, 0.15) is 0 Å². The molecule has 12 nitrogen and oxygen atoms in total. The molecule has 0 spiro atoms. The fraction of sp³-hybridized carbons (Fsp3) is 1.00. The summed E-state index contributed by atoms with van der Waals surface area (Å²) in [5.41, 5.74) is 0. The van der Waals surface area contributed by atoms with E-state index >= 15 is 0 Å². The molecule has 0 amide bonds. The number of ether oxygens (including phenoxy) is 2. The van der Waals surface area contributed by atoms with Crippen molar-refractivity contribution in [3.63, 3.8) is 0 Å². The highest BCUT2D eigenvalue weighted by Gasteiger charge is 2.45. The van der Waals surface area contributed by atoms with Crippen LogP contribution in [-0.4, -0.2) is 126 Å². The van der Waals surface area contributed by atoms with Crippen LogP contribution in [0.2, 0.25) is 0 Å². The lowest BCUT2D eigenvalue weighted by Gasteiger charge is -2.18. The highest BCUT2D eigenvalue weighted by molar-refractivity contribution is 4.90. The first-order valence-corrected chi connectivity index (χ1v) is 7.12. The van der Waals surface area contributed by atoms with E-state index in [1.54, 1.807) is 0 Å². The maximum atomic E-state index is 9.12. The van der Waals surface area contributed by atoms with Crippen LogP contribution in [-0.2, 0) is 9.47 Å². The third-order valence-corrected chi connectivity index (χ3v) is 3.68. The highest BCUT2D eigenvalue weighted by Crippen LogP contribution is 2.22. The first-order chi connectivity index (χ1) is 11.1. The van der Waals surface area contributed by atoms with Crippen molar-refractivity contribution >= 4 is 0 Å². The SMILES string of the molecule is OCC(O)[C@@H]1O[C@H](O)[C@@H](O)[C@@H]1O.OCC(O)[C@H]1O[C@@H](O)[C@H](O)[C@H]1O. The lowest BCUT2D eigenvalue weighted by atomic mass is 10.1. The number of rotatable bonds is 4. The molecule has 0 saturated carbocycles. The van der Waals surface area contributed by atoms with Gasteiger partial charge >= 0.3 is 0 Å². The van der Waals surface area contributed by atoms with Crippen molar-refractivity contribution in [3.05, 3.63) is 0 Å². The summed E-state index contributed by atoms with van der Waals surface area (Å²) in [7, 11) is 0. The molecule has 2 saturated heterocycles. The van der Waals surface area contributed by atoms with Gasteiger partial charge in [0.05, 0.1) is 13.2 Å². The second-order valence-electron chi connectivity index (χ2n) is 5.44. The summed E-state index contributed by atoms with van der Waals surface area (Å²) in [6.45, 7) is -1.19. The summed E-state index contributed by atoms with van der Waals surface area (Å²) in [5, 5.41) is 88.9. The van der Waals surface area contributed by atoms with Crippen LogP contribution in [0.4, 0.5) is 0 Å². The minimum Gasteiger partial charge on any atom is -0.394 e. The fourth-order valence-electron chi connectivity index (χ4n) is 2.21. The fourth-order valence-corrected chi connectivity index (χ4v) is 2.21. The quantitative estimate of drug-likeness (QED) is 0.226. The van der Waals surface area contributed by atoms with Crippen LogP contribution in [0.25, 0.3) is 0 Å². The van der Waals surface area contributed by atoms with E-state index in [0.717, 1.165) is 0 Å². The molecule has 2 unspecified atom stereocenters. The summed E-state index contributed by atoms with van der Waals surface area (Å²) in [6.07, 6.45) is -13.5. The first kappa shape index (κ1) is 21.6. The number of aliphatic hydroxyl groups is 10. The van der Waals surface area contributed by atoms with Gasteiger partial charge in [0.15, 0.2) is 12.6 Å². The number of hydrogen-bond donors (Lipinski definition) is 10. The normalized spacial score (nSPS) is 44.8. The van der Waals surface area contributed by atoms with Gasteiger partial charge in [-0.05, 0) is 0 Å². The number of hydrogen-bond acceptors (Lipinski definition) is 12. The van der Waals surface area contributed by atoms with E-state index in [2.05, 4.69) is 9.47 Å². The Hall–Kier alpha value is -0.480. The molecule has 10 atom stereocenters. The topological polar surface area (TPSA) is 221 Å². The highest BCUT2D eigenvalue weighted by atomic mass is 16.7.